The topological polar surface area (TPSA) is 153 Å². The highest BCUT2D eigenvalue weighted by atomic mass is 35.5. The Hall–Kier alpha value is -5.70. The molecule has 2 saturated heterocycles. The number of nitrogens with zero attached hydrogens (tertiary/aromatic N) is 4. The fourth-order valence-corrected chi connectivity index (χ4v) is 8.65. The molecule has 7 rings (SSSR count). The van der Waals surface area contributed by atoms with Crippen LogP contribution in [-0.4, -0.2) is 79.4 Å². The zero-order valence-electron chi connectivity index (χ0n) is 35.6. The van der Waals surface area contributed by atoms with Gasteiger partial charge in [-0.1, -0.05) is 80.0 Å². The Morgan fingerprint density at radius 1 is 0.810 bits per heavy atom. The number of pyridine rings is 2. The third kappa shape index (κ3) is 10.9. The van der Waals surface area contributed by atoms with Crippen LogP contribution in [0.4, 0.5) is 23.4 Å². The van der Waals surface area contributed by atoms with Crippen LogP contribution in [0.1, 0.15) is 92.7 Å². The van der Waals surface area contributed by atoms with Crippen molar-refractivity contribution in [3.63, 3.8) is 0 Å². The van der Waals surface area contributed by atoms with Crippen LogP contribution in [0, 0.1) is 11.8 Å². The molecule has 4 amide bonds. The minimum Gasteiger partial charge on any atom is -0.461 e. The molecule has 0 bridgehead atoms. The summed E-state index contributed by atoms with van der Waals surface area (Å²) in [5.41, 5.74) is 9.22. The first kappa shape index (κ1) is 46.8. The van der Waals surface area contributed by atoms with Crippen LogP contribution in [-0.2, 0) is 54.4 Å². The first-order chi connectivity index (χ1) is 29.6. The number of nitrogens with two attached hydrogens (primary N) is 1. The van der Waals surface area contributed by atoms with Gasteiger partial charge in [-0.3, -0.25) is 29.0 Å². The summed E-state index contributed by atoms with van der Waals surface area (Å²) >= 11 is 5.85. The fourth-order valence-electron chi connectivity index (χ4n) is 8.54. The highest BCUT2D eigenvalue weighted by Gasteiger charge is 2.62. The Morgan fingerprint density at radius 2 is 1.43 bits per heavy atom. The lowest BCUT2D eigenvalue weighted by Crippen LogP contribution is -2.69. The summed E-state index contributed by atoms with van der Waals surface area (Å²) in [7, 11) is 0. The van der Waals surface area contributed by atoms with Crippen molar-refractivity contribution in [1.29, 1.82) is 0 Å². The van der Waals surface area contributed by atoms with E-state index in [0.717, 1.165) is 32.7 Å². The summed E-state index contributed by atoms with van der Waals surface area (Å²) in [6.07, 6.45) is -1.39. The van der Waals surface area contributed by atoms with Crippen LogP contribution in [0.15, 0.2) is 85.2 Å². The number of anilines is 1. The van der Waals surface area contributed by atoms with E-state index in [1.54, 1.807) is 70.3 Å². The highest BCUT2D eigenvalue weighted by Crippen LogP contribution is 2.42. The molecule has 2 N–H and O–H groups in total. The van der Waals surface area contributed by atoms with E-state index < -0.39 is 65.4 Å². The fraction of sp³-hybridized carbons (Fsp3) is 0.426. The van der Waals surface area contributed by atoms with Crippen molar-refractivity contribution in [3.8, 4) is 0 Å². The number of hydrogen-bond donors (Lipinski definition) is 1. The number of benzene rings is 2. The minimum absolute atomic E-state index is 0.0537. The van der Waals surface area contributed by atoms with E-state index in [1.807, 2.05) is 31.2 Å². The molecule has 16 heteroatoms. The lowest BCUT2D eigenvalue weighted by atomic mass is 9.81. The summed E-state index contributed by atoms with van der Waals surface area (Å²) < 4.78 is 60.6. The molecule has 1 aliphatic carbocycles. The van der Waals surface area contributed by atoms with Crippen LogP contribution >= 0.6 is 11.6 Å². The monoisotopic (exact) mass is 891 g/mol. The molecule has 4 heterocycles. The van der Waals surface area contributed by atoms with Gasteiger partial charge in [0.25, 0.3) is 0 Å². The number of carbonyl (C=O) groups is 5. The Bertz CT molecular complexity index is 2340. The second-order valence-electron chi connectivity index (χ2n) is 17.2. The molecule has 0 spiro atoms. The summed E-state index contributed by atoms with van der Waals surface area (Å²) in [6, 6.07) is 18.0. The molecular weight excluding hydrogens is 842 g/mol. The maximum absolute atomic E-state index is 14.4. The molecule has 334 valence electrons. The van der Waals surface area contributed by atoms with Crippen LogP contribution in [0.5, 0.6) is 0 Å². The molecular formula is C47H50ClF4N5O6. The number of fused-ring (bicyclic) bond motifs is 1. The number of carbonyl (C=O) groups excluding carboxylic acids is 5. The number of hydrogen-bond acceptors (Lipinski definition) is 9. The van der Waals surface area contributed by atoms with Gasteiger partial charge in [-0.25, -0.2) is 19.2 Å². The number of amides is 4. The third-order valence-electron chi connectivity index (χ3n) is 11.7. The molecule has 2 aliphatic heterocycles. The Kier molecular flexibility index (Phi) is 14.1. The average molecular weight is 892 g/mol. The van der Waals surface area contributed by atoms with E-state index in [2.05, 4.69) is 9.97 Å². The van der Waals surface area contributed by atoms with Gasteiger partial charge in [-0.05, 0) is 97.0 Å². The van der Waals surface area contributed by atoms with Gasteiger partial charge < -0.3 is 10.5 Å². The predicted octanol–water partition coefficient (Wildman–Crippen LogP) is 7.92. The second-order valence-corrected chi connectivity index (χ2v) is 17.6. The van der Waals surface area contributed by atoms with Gasteiger partial charge in [0, 0.05) is 38.1 Å². The molecule has 1 unspecified atom stereocenters. The number of rotatable bonds is 12. The molecule has 0 saturated carbocycles. The number of likely N-dealkylation sites (tertiary alicyclic amines) is 2. The second kappa shape index (κ2) is 19.0. The Labute approximate surface area is 368 Å². The molecule has 2 fully saturated rings. The van der Waals surface area contributed by atoms with E-state index >= 15 is 0 Å². The smallest absolute Gasteiger partial charge is 0.410 e. The minimum atomic E-state index is -4.69. The SMILES string of the molecule is CC(C)OC(=O)[C@@H]1[C@@H](Cc2ccc(Cl)nc2)C(=O)N1C(=O)C[C@H](C)c1ccc2c(c1)CC(C)(F)C2.C[C@@H](CC(=O)N1C(=O)[C@H](Cc2ccnc(N)c2)[C@H]1C(F)(F)F)c1ccccc1. The number of alkyl halides is 4. The number of nitrogen functional groups attached to an aromatic ring is 1. The summed E-state index contributed by atoms with van der Waals surface area (Å²) in [5, 5.41) is 0.331. The average Bonchev–Trinajstić information content (AvgIpc) is 3.53. The quantitative estimate of drug-likeness (QED) is 0.0647. The molecule has 3 aliphatic rings. The zero-order chi connectivity index (χ0) is 46.0. The van der Waals surface area contributed by atoms with Gasteiger partial charge in [0.2, 0.25) is 23.6 Å². The molecule has 4 aromatic rings. The van der Waals surface area contributed by atoms with Crippen LogP contribution in [0.2, 0.25) is 5.15 Å². The molecule has 0 radical (unpaired) electrons. The van der Waals surface area contributed by atoms with E-state index in [-0.39, 0.29) is 49.4 Å². The Morgan fingerprint density at radius 3 is 2.05 bits per heavy atom. The van der Waals surface area contributed by atoms with Gasteiger partial charge in [0.1, 0.15) is 28.7 Å². The van der Waals surface area contributed by atoms with Gasteiger partial charge in [-0.15, -0.1) is 0 Å². The maximum Gasteiger partial charge on any atom is 0.410 e. The molecule has 7 atom stereocenters. The summed E-state index contributed by atoms with van der Waals surface area (Å²) in [6.45, 7) is 8.69. The normalized spacial score (nSPS) is 22.6. The van der Waals surface area contributed by atoms with E-state index in [4.69, 9.17) is 22.1 Å². The van der Waals surface area contributed by atoms with Crippen LogP contribution in [0.3, 0.4) is 0 Å². The van der Waals surface area contributed by atoms with E-state index in [1.165, 1.54) is 18.3 Å². The van der Waals surface area contributed by atoms with Crippen molar-refractivity contribution in [2.75, 3.05) is 5.73 Å². The highest BCUT2D eigenvalue weighted by molar-refractivity contribution is 6.29. The van der Waals surface area contributed by atoms with Gasteiger partial charge in [0.05, 0.1) is 17.9 Å². The lowest BCUT2D eigenvalue weighted by molar-refractivity contribution is -0.229. The molecule has 2 aromatic carbocycles. The predicted molar refractivity (Wildman–Crippen MR) is 227 cm³/mol. The Balaban J connectivity index is 0.000000215. The third-order valence-corrected chi connectivity index (χ3v) is 11.9. The van der Waals surface area contributed by atoms with Gasteiger partial charge in [-0.2, -0.15) is 13.2 Å². The largest absolute Gasteiger partial charge is 0.461 e. The number of aromatic nitrogens is 2. The number of β-lactam (4-membered cyclic amide) rings is 2. The van der Waals surface area contributed by atoms with Crippen LogP contribution < -0.4 is 5.73 Å². The molecule has 63 heavy (non-hydrogen) atoms. The number of esters is 1. The van der Waals surface area contributed by atoms with Gasteiger partial charge in [0.15, 0.2) is 0 Å². The number of ether oxygens (including phenoxy) is 1. The van der Waals surface area contributed by atoms with Crippen molar-refractivity contribution in [3.05, 3.63) is 124 Å². The van der Waals surface area contributed by atoms with Crippen LogP contribution in [0.25, 0.3) is 0 Å². The maximum atomic E-state index is 14.4. The molecule has 2 aromatic heterocycles. The van der Waals surface area contributed by atoms with Crippen molar-refractivity contribution in [2.45, 2.75) is 115 Å². The standard InChI is InChI=1S/C27H30ClFN2O4.C20H20F3N3O2/c1-15(2)35-26(34)24-21(10-17-5-8-22(28)30-14-17)25(33)31(24)23(32)9-16(3)18-6-7-19-12-27(4,29)13-20(19)11-18;1-12(14-5-3-2-4-6-14)9-17(27)26-18(20(21,22)23)15(19(26)28)10-13-7-8-25-16(24)11-13/h5-8,11,14-16,21,24H,9-10,12-13H2,1-4H3;2-8,11-12,15,18H,9-10H2,1H3,(H2,24,25)/t16-,21+,24-,27?;12-,15+,18-/m00/s1. The van der Waals surface area contributed by atoms with Gasteiger partial charge >= 0.3 is 12.1 Å². The van der Waals surface area contributed by atoms with E-state index in [0.29, 0.717) is 28.5 Å². The van der Waals surface area contributed by atoms with Crippen molar-refractivity contribution in [1.82, 2.24) is 19.8 Å². The number of halogens is 5. The van der Waals surface area contributed by atoms with Crippen molar-refractivity contribution >= 4 is 47.0 Å². The lowest BCUT2D eigenvalue weighted by Gasteiger charge is -2.46. The molecule has 11 nitrogen and oxygen atoms in total. The summed E-state index contributed by atoms with van der Waals surface area (Å²) in [4.78, 5) is 73.2. The first-order valence-corrected chi connectivity index (χ1v) is 21.2. The number of imide groups is 2. The first-order valence-electron chi connectivity index (χ1n) is 20.8. The van der Waals surface area contributed by atoms with Crippen molar-refractivity contribution in [2.24, 2.45) is 11.8 Å². The van der Waals surface area contributed by atoms with Crippen molar-refractivity contribution < 1.29 is 46.3 Å². The summed E-state index contributed by atoms with van der Waals surface area (Å²) in [5.74, 6) is -5.40. The van der Waals surface area contributed by atoms with E-state index in [9.17, 15) is 41.5 Å². The zero-order valence-corrected chi connectivity index (χ0v) is 36.3.